The fraction of sp³-hybridized carbons (Fsp3) is 0.425. The van der Waals surface area contributed by atoms with Crippen molar-refractivity contribution in [3.05, 3.63) is 102 Å². The first-order valence-electron chi connectivity index (χ1n) is 18.5. The summed E-state index contributed by atoms with van der Waals surface area (Å²) in [5.74, 6) is -0.658. The zero-order valence-corrected chi connectivity index (χ0v) is 31.9. The average molecular weight is 762 g/mol. The van der Waals surface area contributed by atoms with Crippen LogP contribution in [0.3, 0.4) is 0 Å². The lowest BCUT2D eigenvalue weighted by atomic mass is 9.98. The lowest BCUT2D eigenvalue weighted by molar-refractivity contribution is -0.189. The van der Waals surface area contributed by atoms with Gasteiger partial charge in [0, 0.05) is 31.6 Å². The molecule has 2 atom stereocenters. The molecule has 3 aromatic carbocycles. The first-order chi connectivity index (χ1) is 26.0. The molecule has 0 aliphatic carbocycles. The van der Waals surface area contributed by atoms with Gasteiger partial charge in [0.1, 0.15) is 18.0 Å². The van der Waals surface area contributed by atoms with Crippen molar-refractivity contribution in [2.45, 2.75) is 77.2 Å². The van der Waals surface area contributed by atoms with E-state index in [9.17, 15) is 27.9 Å². The summed E-state index contributed by atoms with van der Waals surface area (Å²) in [5.41, 5.74) is 1.96. The molecule has 0 unspecified atom stereocenters. The van der Waals surface area contributed by atoms with Crippen LogP contribution in [-0.2, 0) is 39.2 Å². The lowest BCUT2D eigenvalue weighted by Crippen LogP contribution is -2.76. The third kappa shape index (κ3) is 10.1. The molecule has 3 aromatic rings. The summed E-state index contributed by atoms with van der Waals surface area (Å²) in [7, 11) is -2.60. The molecule has 4 amide bonds. The number of carbonyl (C=O) groups excluding carboxylic acids is 3. The number of rotatable bonds is 18. The molecule has 14 heteroatoms. The fourth-order valence-corrected chi connectivity index (χ4v) is 8.01. The highest BCUT2D eigenvalue weighted by atomic mass is 32.2. The quantitative estimate of drug-likeness (QED) is 0.101. The molecule has 0 aromatic heterocycles. The van der Waals surface area contributed by atoms with Gasteiger partial charge in [0.25, 0.3) is 0 Å². The number of hydrazine groups is 1. The molecule has 2 aliphatic heterocycles. The number of unbranched alkanes of at least 4 members (excludes halogenated alkanes) is 5. The molecule has 5 rings (SSSR count). The highest BCUT2D eigenvalue weighted by Gasteiger charge is 2.51. The first kappa shape index (κ1) is 40.1. The molecule has 2 heterocycles. The molecule has 2 N–H and O–H groups in total. The highest BCUT2D eigenvalue weighted by Crippen LogP contribution is 2.36. The van der Waals surface area contributed by atoms with Crippen molar-refractivity contribution in [1.29, 1.82) is 0 Å². The third-order valence-electron chi connectivity index (χ3n) is 9.63. The van der Waals surface area contributed by atoms with E-state index in [1.165, 1.54) is 34.1 Å². The minimum atomic E-state index is -4.01. The van der Waals surface area contributed by atoms with Crippen LogP contribution >= 0.6 is 0 Å². The van der Waals surface area contributed by atoms with E-state index in [0.717, 1.165) is 37.7 Å². The molecule has 13 nitrogen and oxygen atoms in total. The smallest absolute Gasteiger partial charge is 0.334 e. The van der Waals surface area contributed by atoms with Gasteiger partial charge in [0.2, 0.25) is 11.8 Å². The molecule has 54 heavy (non-hydrogen) atoms. The number of phenolic OH excluding ortho intramolecular Hbond substituents is 1. The Labute approximate surface area is 318 Å². The molecule has 0 spiro atoms. The van der Waals surface area contributed by atoms with E-state index in [-0.39, 0.29) is 68.1 Å². The van der Waals surface area contributed by atoms with Crippen LogP contribution in [0.4, 0.5) is 4.79 Å². The number of phenols is 1. The Kier molecular flexibility index (Phi) is 14.0. The number of fused-ring (bicyclic) bond motifs is 1. The number of amides is 4. The van der Waals surface area contributed by atoms with E-state index >= 15 is 0 Å². The molecule has 2 aliphatic rings. The highest BCUT2D eigenvalue weighted by molar-refractivity contribution is 7.87. The number of hydrogen-bond donors (Lipinski definition) is 2. The summed E-state index contributed by atoms with van der Waals surface area (Å²) in [6.07, 6.45) is 6.19. The SMILES string of the molecule is C=CCN1CC(=O)N2[C@@H](Cc3ccc(O)cc3)C(=O)N(Cc3cccc(OC)c3OS(=O)(=O)CCCCCCCC)C[C@@H]2N1C(=O)NCc1ccccc1. The second-order valence-electron chi connectivity index (χ2n) is 13.6. The van der Waals surface area contributed by atoms with Gasteiger partial charge in [-0.25, -0.2) is 14.8 Å². The van der Waals surface area contributed by atoms with Gasteiger partial charge in [0.05, 0.1) is 26.0 Å². The minimum absolute atomic E-state index is 0.0123. The third-order valence-corrected chi connectivity index (χ3v) is 10.8. The van der Waals surface area contributed by atoms with Gasteiger partial charge in [-0.2, -0.15) is 8.42 Å². The van der Waals surface area contributed by atoms with E-state index in [0.29, 0.717) is 17.5 Å². The number of benzene rings is 3. The van der Waals surface area contributed by atoms with Crippen LogP contribution in [0.25, 0.3) is 0 Å². The molecular formula is C40H51N5O8S. The van der Waals surface area contributed by atoms with E-state index in [1.54, 1.807) is 41.4 Å². The summed E-state index contributed by atoms with van der Waals surface area (Å²) in [6, 6.07) is 19.3. The van der Waals surface area contributed by atoms with Gasteiger partial charge in [-0.15, -0.1) is 6.58 Å². The normalized spacial score (nSPS) is 17.6. The summed E-state index contributed by atoms with van der Waals surface area (Å²) < 4.78 is 37.8. The van der Waals surface area contributed by atoms with Crippen molar-refractivity contribution in [2.75, 3.05) is 32.5 Å². The molecule has 0 radical (unpaired) electrons. The lowest BCUT2D eigenvalue weighted by Gasteiger charge is -2.55. The predicted molar refractivity (Wildman–Crippen MR) is 205 cm³/mol. The summed E-state index contributed by atoms with van der Waals surface area (Å²) in [4.78, 5) is 45.6. The van der Waals surface area contributed by atoms with Gasteiger partial charge in [-0.3, -0.25) is 9.59 Å². The fourth-order valence-electron chi connectivity index (χ4n) is 6.93. The number of carbonyl (C=O) groups is 3. The van der Waals surface area contributed by atoms with Crippen LogP contribution in [0.15, 0.2) is 85.5 Å². The number of urea groups is 1. The molecule has 2 fully saturated rings. The number of ether oxygens (including phenoxy) is 1. The standard InChI is InChI=1S/C40H51N5O8S/c1-4-6-7-8-9-13-24-54(50,51)53-38-32(17-14-18-35(38)52-3)27-42-28-36-44(34(39(42)48)25-30-19-21-33(46)22-20-30)37(47)29-43(23-5-2)45(36)40(49)41-26-31-15-11-10-12-16-31/h5,10-12,14-22,34,36,46H,2,4,6-9,13,23-29H2,1,3H3,(H,41,49)/t34-,36-/m0/s1. The van der Waals surface area contributed by atoms with Crippen LogP contribution in [0.1, 0.15) is 62.1 Å². The Morgan fingerprint density at radius 2 is 1.69 bits per heavy atom. The first-order valence-corrected chi connectivity index (χ1v) is 20.1. The number of piperazine rings is 1. The number of aromatic hydroxyl groups is 1. The Bertz CT molecular complexity index is 1860. The minimum Gasteiger partial charge on any atom is -0.508 e. The number of nitrogens with one attached hydrogen (secondary N) is 1. The van der Waals surface area contributed by atoms with Crippen LogP contribution < -0.4 is 14.2 Å². The molecular weight excluding hydrogens is 711 g/mol. The van der Waals surface area contributed by atoms with Crippen molar-refractivity contribution < 1.29 is 36.8 Å². The topological polar surface area (TPSA) is 149 Å². The zero-order chi connectivity index (χ0) is 38.7. The maximum Gasteiger partial charge on any atom is 0.334 e. The largest absolute Gasteiger partial charge is 0.508 e. The molecule has 2 saturated heterocycles. The van der Waals surface area contributed by atoms with Crippen molar-refractivity contribution in [3.63, 3.8) is 0 Å². The summed E-state index contributed by atoms with van der Waals surface area (Å²) in [6.45, 7) is 6.05. The summed E-state index contributed by atoms with van der Waals surface area (Å²) in [5, 5.41) is 16.0. The number of nitrogens with zero attached hydrogens (tertiary/aromatic N) is 4. The van der Waals surface area contributed by atoms with Crippen LogP contribution in [-0.4, -0.2) is 95.9 Å². The Hall–Kier alpha value is -5.08. The van der Waals surface area contributed by atoms with Crippen LogP contribution in [0, 0.1) is 0 Å². The van der Waals surface area contributed by atoms with Gasteiger partial charge in [-0.05, 0) is 35.7 Å². The van der Waals surface area contributed by atoms with Crippen LogP contribution in [0.2, 0.25) is 0 Å². The Morgan fingerprint density at radius 1 is 0.963 bits per heavy atom. The monoisotopic (exact) mass is 761 g/mol. The second-order valence-corrected chi connectivity index (χ2v) is 15.3. The van der Waals surface area contributed by atoms with E-state index < -0.39 is 34.3 Å². The van der Waals surface area contributed by atoms with Crippen molar-refractivity contribution in [1.82, 2.24) is 25.1 Å². The van der Waals surface area contributed by atoms with Crippen molar-refractivity contribution in [3.8, 4) is 17.2 Å². The van der Waals surface area contributed by atoms with Crippen molar-refractivity contribution >= 4 is 28.0 Å². The average Bonchev–Trinajstić information content (AvgIpc) is 3.15. The number of hydrogen-bond acceptors (Lipinski definition) is 9. The zero-order valence-electron chi connectivity index (χ0n) is 31.1. The van der Waals surface area contributed by atoms with E-state index in [2.05, 4.69) is 18.8 Å². The maximum atomic E-state index is 14.5. The van der Waals surface area contributed by atoms with Gasteiger partial charge < -0.3 is 29.1 Å². The number of methoxy groups -OCH3 is 1. The molecule has 0 saturated carbocycles. The Balaban J connectivity index is 1.47. The van der Waals surface area contributed by atoms with Gasteiger partial charge in [0.15, 0.2) is 11.5 Å². The second kappa shape index (κ2) is 18.8. The molecule has 290 valence electrons. The van der Waals surface area contributed by atoms with Gasteiger partial charge in [-0.1, -0.05) is 99.7 Å². The van der Waals surface area contributed by atoms with E-state index in [4.69, 9.17) is 8.92 Å². The predicted octanol–water partition coefficient (Wildman–Crippen LogP) is 5.21. The van der Waals surface area contributed by atoms with Crippen molar-refractivity contribution in [2.24, 2.45) is 0 Å². The number of para-hydroxylation sites is 1. The maximum absolute atomic E-state index is 14.5. The van der Waals surface area contributed by atoms with Crippen LogP contribution in [0.5, 0.6) is 17.2 Å². The molecule has 0 bridgehead atoms. The van der Waals surface area contributed by atoms with E-state index in [1.807, 2.05) is 30.3 Å². The Morgan fingerprint density at radius 3 is 2.39 bits per heavy atom. The van der Waals surface area contributed by atoms with Gasteiger partial charge >= 0.3 is 16.1 Å². The summed E-state index contributed by atoms with van der Waals surface area (Å²) >= 11 is 0.